The predicted molar refractivity (Wildman–Crippen MR) is 52.1 cm³/mol. The molecule has 0 N–H and O–H groups in total. The van der Waals surface area contributed by atoms with Gasteiger partial charge < -0.3 is 4.74 Å². The maximum Gasteiger partial charge on any atom is 0.0888 e. The van der Waals surface area contributed by atoms with E-state index in [1.165, 1.54) is 8.66 Å². The van der Waals surface area contributed by atoms with Gasteiger partial charge in [0, 0.05) is 11.5 Å². The molecule has 0 saturated heterocycles. The van der Waals surface area contributed by atoms with Gasteiger partial charge in [-0.25, -0.2) is 0 Å². The molecule has 0 aliphatic rings. The lowest BCUT2D eigenvalue weighted by Crippen LogP contribution is -1.95. The molecule has 0 aliphatic carbocycles. The molecule has 0 aromatic carbocycles. The molecule has 0 bridgehead atoms. The Balaban J connectivity index is 2.60. The SMILES string of the molecule is CCOC(C)c1ccc(Br)s1. The summed E-state index contributed by atoms with van der Waals surface area (Å²) >= 11 is 5.14. The molecule has 0 aliphatic heterocycles. The highest BCUT2D eigenvalue weighted by Crippen LogP contribution is 2.28. The number of thiophene rings is 1. The molecule has 0 saturated carbocycles. The summed E-state index contributed by atoms with van der Waals surface area (Å²) in [6, 6.07) is 4.14. The van der Waals surface area contributed by atoms with Crippen molar-refractivity contribution in [2.75, 3.05) is 6.61 Å². The summed E-state index contributed by atoms with van der Waals surface area (Å²) in [5, 5.41) is 0. The number of rotatable bonds is 3. The van der Waals surface area contributed by atoms with Crippen LogP contribution in [-0.4, -0.2) is 6.61 Å². The second-order valence-corrected chi connectivity index (χ2v) is 4.73. The molecular formula is C8H11BrOS. The van der Waals surface area contributed by atoms with Gasteiger partial charge in [0.05, 0.1) is 9.89 Å². The summed E-state index contributed by atoms with van der Waals surface area (Å²) in [5.41, 5.74) is 0. The molecule has 1 aromatic heterocycles. The normalized spacial score (nSPS) is 13.4. The fraction of sp³-hybridized carbons (Fsp3) is 0.500. The number of halogens is 1. The van der Waals surface area contributed by atoms with Gasteiger partial charge in [0.1, 0.15) is 0 Å². The maximum atomic E-state index is 5.43. The summed E-state index contributed by atoms with van der Waals surface area (Å²) < 4.78 is 6.60. The minimum atomic E-state index is 0.233. The Kier molecular flexibility index (Phi) is 3.55. The quantitative estimate of drug-likeness (QED) is 0.777. The Hall–Kier alpha value is 0.140. The molecule has 1 heterocycles. The summed E-state index contributed by atoms with van der Waals surface area (Å²) in [5.74, 6) is 0. The molecule has 0 fully saturated rings. The summed E-state index contributed by atoms with van der Waals surface area (Å²) in [7, 11) is 0. The van der Waals surface area contributed by atoms with Crippen molar-refractivity contribution in [1.82, 2.24) is 0 Å². The topological polar surface area (TPSA) is 9.23 Å². The minimum Gasteiger partial charge on any atom is -0.373 e. The van der Waals surface area contributed by atoms with Crippen LogP contribution in [0.25, 0.3) is 0 Å². The highest BCUT2D eigenvalue weighted by Gasteiger charge is 2.06. The molecule has 1 atom stereocenters. The fourth-order valence-electron chi connectivity index (χ4n) is 0.879. The van der Waals surface area contributed by atoms with E-state index in [1.807, 2.05) is 6.92 Å². The first-order chi connectivity index (χ1) is 5.24. The van der Waals surface area contributed by atoms with Crippen molar-refractivity contribution in [3.8, 4) is 0 Å². The Labute approximate surface area is 79.5 Å². The van der Waals surface area contributed by atoms with Crippen molar-refractivity contribution in [1.29, 1.82) is 0 Å². The van der Waals surface area contributed by atoms with Crippen LogP contribution in [0.2, 0.25) is 0 Å². The number of hydrogen-bond acceptors (Lipinski definition) is 2. The summed E-state index contributed by atoms with van der Waals surface area (Å²) in [4.78, 5) is 1.28. The van der Waals surface area contributed by atoms with E-state index in [0.717, 1.165) is 6.61 Å². The second kappa shape index (κ2) is 4.24. The smallest absolute Gasteiger partial charge is 0.0888 e. The van der Waals surface area contributed by atoms with E-state index < -0.39 is 0 Å². The van der Waals surface area contributed by atoms with Crippen LogP contribution in [0.15, 0.2) is 15.9 Å². The maximum absolute atomic E-state index is 5.43. The van der Waals surface area contributed by atoms with Crippen molar-refractivity contribution in [2.24, 2.45) is 0 Å². The first-order valence-corrected chi connectivity index (χ1v) is 5.21. The van der Waals surface area contributed by atoms with Gasteiger partial charge in [-0.15, -0.1) is 11.3 Å². The number of hydrogen-bond donors (Lipinski definition) is 0. The van der Waals surface area contributed by atoms with E-state index in [0.29, 0.717) is 0 Å². The van der Waals surface area contributed by atoms with E-state index in [-0.39, 0.29) is 6.10 Å². The zero-order valence-corrected chi connectivity index (χ0v) is 9.04. The molecule has 11 heavy (non-hydrogen) atoms. The van der Waals surface area contributed by atoms with Gasteiger partial charge in [0.25, 0.3) is 0 Å². The summed E-state index contributed by atoms with van der Waals surface area (Å²) in [6.45, 7) is 4.86. The van der Waals surface area contributed by atoms with E-state index in [1.54, 1.807) is 11.3 Å². The van der Waals surface area contributed by atoms with Gasteiger partial charge >= 0.3 is 0 Å². The van der Waals surface area contributed by atoms with Crippen LogP contribution in [0.4, 0.5) is 0 Å². The highest BCUT2D eigenvalue weighted by atomic mass is 79.9. The zero-order valence-electron chi connectivity index (χ0n) is 6.63. The van der Waals surface area contributed by atoms with Crippen LogP contribution >= 0.6 is 27.3 Å². The molecule has 1 nitrogen and oxygen atoms in total. The van der Waals surface area contributed by atoms with Crippen molar-refractivity contribution in [2.45, 2.75) is 20.0 Å². The average molecular weight is 235 g/mol. The van der Waals surface area contributed by atoms with Crippen LogP contribution < -0.4 is 0 Å². The molecule has 1 rings (SSSR count). The van der Waals surface area contributed by atoms with Gasteiger partial charge in [-0.1, -0.05) is 0 Å². The highest BCUT2D eigenvalue weighted by molar-refractivity contribution is 9.11. The molecule has 3 heteroatoms. The monoisotopic (exact) mass is 234 g/mol. The summed E-state index contributed by atoms with van der Waals surface area (Å²) in [6.07, 6.45) is 0.233. The molecule has 62 valence electrons. The van der Waals surface area contributed by atoms with Crippen molar-refractivity contribution < 1.29 is 4.74 Å². The Morgan fingerprint density at radius 3 is 2.82 bits per heavy atom. The molecule has 0 radical (unpaired) electrons. The van der Waals surface area contributed by atoms with Crippen molar-refractivity contribution in [3.05, 3.63) is 20.8 Å². The fourth-order valence-corrected chi connectivity index (χ4v) is 2.30. The first kappa shape index (κ1) is 9.23. The standard InChI is InChI=1S/C8H11BrOS/c1-3-10-6(2)7-4-5-8(9)11-7/h4-6H,3H2,1-2H3. The van der Waals surface area contributed by atoms with Gasteiger partial charge in [-0.05, 0) is 41.9 Å². The van der Waals surface area contributed by atoms with Gasteiger partial charge in [-0.3, -0.25) is 0 Å². The van der Waals surface area contributed by atoms with Gasteiger partial charge in [0.15, 0.2) is 0 Å². The lowest BCUT2D eigenvalue weighted by Gasteiger charge is -2.07. The lowest BCUT2D eigenvalue weighted by atomic mass is 10.3. The molecule has 1 aromatic rings. The van der Waals surface area contributed by atoms with Crippen LogP contribution in [0.3, 0.4) is 0 Å². The van der Waals surface area contributed by atoms with Crippen molar-refractivity contribution >= 4 is 27.3 Å². The average Bonchev–Trinajstić information content (AvgIpc) is 2.36. The zero-order chi connectivity index (χ0) is 8.27. The van der Waals surface area contributed by atoms with Crippen molar-refractivity contribution in [3.63, 3.8) is 0 Å². The van der Waals surface area contributed by atoms with Gasteiger partial charge in [-0.2, -0.15) is 0 Å². The third-order valence-electron chi connectivity index (χ3n) is 1.41. The second-order valence-electron chi connectivity index (χ2n) is 2.24. The molecular weight excluding hydrogens is 224 g/mol. The molecule has 0 amide bonds. The molecule has 1 unspecified atom stereocenters. The van der Waals surface area contributed by atoms with Crippen LogP contribution in [0.5, 0.6) is 0 Å². The minimum absolute atomic E-state index is 0.233. The van der Waals surface area contributed by atoms with Gasteiger partial charge in [0.2, 0.25) is 0 Å². The third kappa shape index (κ3) is 2.58. The Bertz CT molecular complexity index is 222. The van der Waals surface area contributed by atoms with E-state index in [4.69, 9.17) is 4.74 Å². The van der Waals surface area contributed by atoms with E-state index in [9.17, 15) is 0 Å². The van der Waals surface area contributed by atoms with E-state index >= 15 is 0 Å². The lowest BCUT2D eigenvalue weighted by molar-refractivity contribution is 0.0789. The van der Waals surface area contributed by atoms with Crippen LogP contribution in [0, 0.1) is 0 Å². The van der Waals surface area contributed by atoms with E-state index in [2.05, 4.69) is 35.0 Å². The first-order valence-electron chi connectivity index (χ1n) is 3.61. The predicted octanol–water partition coefficient (Wildman–Crippen LogP) is 3.61. The third-order valence-corrected chi connectivity index (χ3v) is 3.20. The Morgan fingerprint density at radius 1 is 1.64 bits per heavy atom. The van der Waals surface area contributed by atoms with Crippen LogP contribution in [-0.2, 0) is 4.74 Å². The Morgan fingerprint density at radius 2 is 2.36 bits per heavy atom. The number of ether oxygens (including phenoxy) is 1. The molecule has 0 spiro atoms. The van der Waals surface area contributed by atoms with Crippen LogP contribution in [0.1, 0.15) is 24.8 Å². The largest absolute Gasteiger partial charge is 0.373 e.